The summed E-state index contributed by atoms with van der Waals surface area (Å²) in [7, 11) is 0. The number of aliphatic hydroxyl groups is 1. The topological polar surface area (TPSA) is 75.1 Å². The van der Waals surface area contributed by atoms with Crippen LogP contribution in [0.5, 0.6) is 0 Å². The number of aliphatic hydroxyl groups excluding tert-OH is 1. The van der Waals surface area contributed by atoms with Gasteiger partial charge in [-0.2, -0.15) is 0 Å². The normalized spacial score (nSPS) is 12.1. The molecule has 112 valence electrons. The molecule has 0 aliphatic rings. The molecule has 5 nitrogen and oxygen atoms in total. The number of hydrogen-bond acceptors (Lipinski definition) is 5. The molecule has 1 atom stereocenters. The van der Waals surface area contributed by atoms with Gasteiger partial charge in [0, 0.05) is 12.7 Å². The van der Waals surface area contributed by atoms with Gasteiger partial charge in [0.1, 0.15) is 9.88 Å². The largest absolute Gasteiger partial charge is 0.391 e. The molecule has 2 rings (SSSR count). The van der Waals surface area contributed by atoms with Crippen LogP contribution in [0.15, 0.2) is 24.4 Å². The lowest BCUT2D eigenvalue weighted by Crippen LogP contribution is -2.31. The highest BCUT2D eigenvalue weighted by Gasteiger charge is 2.17. The summed E-state index contributed by atoms with van der Waals surface area (Å²) in [5, 5.41) is 13.1. The van der Waals surface area contributed by atoms with Crippen LogP contribution in [0.25, 0.3) is 10.7 Å². The quantitative estimate of drug-likeness (QED) is 0.859. The van der Waals surface area contributed by atoms with E-state index in [1.54, 1.807) is 13.1 Å². The van der Waals surface area contributed by atoms with Crippen LogP contribution in [0.2, 0.25) is 0 Å². The van der Waals surface area contributed by atoms with Gasteiger partial charge in [-0.25, -0.2) is 4.98 Å². The van der Waals surface area contributed by atoms with E-state index in [1.807, 2.05) is 25.1 Å². The standard InChI is InChI=1S/C15H19N3O2S/c1-3-6-11(19)9-17-14(20)13-10(2)18-15(21-13)12-7-4-5-8-16-12/h4-5,7-8,11,19H,3,6,9H2,1-2H3,(H,17,20). The SMILES string of the molecule is CCCC(O)CNC(=O)c1sc(-c2ccccn2)nc1C. The second-order valence-corrected chi connectivity index (χ2v) is 5.80. The van der Waals surface area contributed by atoms with Crippen LogP contribution >= 0.6 is 11.3 Å². The summed E-state index contributed by atoms with van der Waals surface area (Å²) in [6, 6.07) is 5.59. The highest BCUT2D eigenvalue weighted by Crippen LogP contribution is 2.26. The van der Waals surface area contributed by atoms with Crippen molar-refractivity contribution in [3.8, 4) is 10.7 Å². The maximum Gasteiger partial charge on any atom is 0.263 e. The minimum Gasteiger partial charge on any atom is -0.391 e. The Kier molecular flexibility index (Phi) is 5.41. The molecule has 0 saturated heterocycles. The number of pyridine rings is 1. The predicted octanol–water partition coefficient (Wildman–Crippen LogP) is 2.40. The van der Waals surface area contributed by atoms with Gasteiger partial charge in [-0.1, -0.05) is 19.4 Å². The lowest BCUT2D eigenvalue weighted by molar-refractivity contribution is 0.0913. The number of hydrogen-bond donors (Lipinski definition) is 2. The van der Waals surface area contributed by atoms with Gasteiger partial charge in [0.2, 0.25) is 0 Å². The lowest BCUT2D eigenvalue weighted by Gasteiger charge is -2.09. The number of amides is 1. The second-order valence-electron chi connectivity index (χ2n) is 4.80. The molecule has 0 bridgehead atoms. The molecule has 2 N–H and O–H groups in total. The summed E-state index contributed by atoms with van der Waals surface area (Å²) in [6.45, 7) is 4.07. The van der Waals surface area contributed by atoms with Crippen molar-refractivity contribution in [2.45, 2.75) is 32.8 Å². The summed E-state index contributed by atoms with van der Waals surface area (Å²) in [6.07, 6.45) is 2.77. The minimum absolute atomic E-state index is 0.192. The van der Waals surface area contributed by atoms with E-state index in [4.69, 9.17) is 0 Å². The summed E-state index contributed by atoms with van der Waals surface area (Å²) in [5.74, 6) is -0.192. The first kappa shape index (κ1) is 15.6. The molecular formula is C15H19N3O2S. The molecule has 2 aromatic heterocycles. The fourth-order valence-corrected chi connectivity index (χ4v) is 2.89. The fraction of sp³-hybridized carbons (Fsp3) is 0.400. The fourth-order valence-electron chi connectivity index (χ4n) is 1.93. The van der Waals surface area contributed by atoms with Crippen LogP contribution in [-0.4, -0.2) is 33.6 Å². The van der Waals surface area contributed by atoms with Crippen LogP contribution < -0.4 is 5.32 Å². The number of rotatable bonds is 6. The number of carbonyl (C=O) groups excluding carboxylic acids is 1. The molecule has 0 fully saturated rings. The van der Waals surface area contributed by atoms with Crippen LogP contribution in [0.1, 0.15) is 35.1 Å². The Bertz CT molecular complexity index is 598. The number of carbonyl (C=O) groups is 1. The summed E-state index contributed by atoms with van der Waals surface area (Å²) in [5.41, 5.74) is 1.44. The molecule has 6 heteroatoms. The molecule has 0 aliphatic heterocycles. The van der Waals surface area contributed by atoms with Crippen molar-refractivity contribution in [2.24, 2.45) is 0 Å². The molecule has 1 amide bonds. The van der Waals surface area contributed by atoms with Crippen molar-refractivity contribution in [1.29, 1.82) is 0 Å². The van der Waals surface area contributed by atoms with Crippen LogP contribution in [0, 0.1) is 6.92 Å². The second kappa shape index (κ2) is 7.28. The first-order valence-electron chi connectivity index (χ1n) is 6.97. The number of thiazole rings is 1. The van der Waals surface area contributed by atoms with Gasteiger partial charge in [0.15, 0.2) is 0 Å². The Labute approximate surface area is 128 Å². The first-order valence-corrected chi connectivity index (χ1v) is 7.78. The van der Waals surface area contributed by atoms with E-state index in [-0.39, 0.29) is 12.5 Å². The van der Waals surface area contributed by atoms with Crippen molar-refractivity contribution in [1.82, 2.24) is 15.3 Å². The van der Waals surface area contributed by atoms with E-state index < -0.39 is 6.10 Å². The Morgan fingerprint density at radius 3 is 2.95 bits per heavy atom. The van der Waals surface area contributed by atoms with Crippen molar-refractivity contribution in [2.75, 3.05) is 6.54 Å². The van der Waals surface area contributed by atoms with E-state index >= 15 is 0 Å². The van der Waals surface area contributed by atoms with Crippen molar-refractivity contribution in [3.05, 3.63) is 35.0 Å². The molecule has 0 aliphatic carbocycles. The van der Waals surface area contributed by atoms with Crippen molar-refractivity contribution < 1.29 is 9.90 Å². The van der Waals surface area contributed by atoms with Crippen LogP contribution in [0.3, 0.4) is 0 Å². The highest BCUT2D eigenvalue weighted by molar-refractivity contribution is 7.17. The van der Waals surface area contributed by atoms with Crippen LogP contribution in [-0.2, 0) is 0 Å². The number of aromatic nitrogens is 2. The van der Waals surface area contributed by atoms with Gasteiger partial charge >= 0.3 is 0 Å². The summed E-state index contributed by atoms with van der Waals surface area (Å²) in [4.78, 5) is 21.4. The first-order chi connectivity index (χ1) is 10.1. The molecule has 2 heterocycles. The third-order valence-electron chi connectivity index (χ3n) is 3.01. The summed E-state index contributed by atoms with van der Waals surface area (Å²) >= 11 is 1.32. The van der Waals surface area contributed by atoms with Gasteiger partial charge < -0.3 is 10.4 Å². The maximum atomic E-state index is 12.1. The number of nitrogens with one attached hydrogen (secondary N) is 1. The van der Waals surface area contributed by atoms with Gasteiger partial charge in [-0.15, -0.1) is 11.3 Å². The zero-order valence-corrected chi connectivity index (χ0v) is 13.0. The van der Waals surface area contributed by atoms with Crippen molar-refractivity contribution in [3.63, 3.8) is 0 Å². The lowest BCUT2D eigenvalue weighted by atomic mass is 10.2. The maximum absolute atomic E-state index is 12.1. The highest BCUT2D eigenvalue weighted by atomic mass is 32.1. The van der Waals surface area contributed by atoms with Gasteiger partial charge in [-0.3, -0.25) is 9.78 Å². The average molecular weight is 305 g/mol. The molecule has 0 spiro atoms. The molecule has 0 aromatic carbocycles. The molecule has 0 radical (unpaired) electrons. The van der Waals surface area contributed by atoms with E-state index in [2.05, 4.69) is 15.3 Å². The van der Waals surface area contributed by atoms with Crippen molar-refractivity contribution >= 4 is 17.2 Å². The Balaban J connectivity index is 2.07. The van der Waals surface area contributed by atoms with E-state index in [0.717, 1.165) is 17.1 Å². The van der Waals surface area contributed by atoms with Crippen LogP contribution in [0.4, 0.5) is 0 Å². The minimum atomic E-state index is -0.498. The molecule has 0 saturated carbocycles. The molecule has 21 heavy (non-hydrogen) atoms. The predicted molar refractivity (Wildman–Crippen MR) is 83.3 cm³/mol. The number of aryl methyl sites for hydroxylation is 1. The van der Waals surface area contributed by atoms with Gasteiger partial charge in [0.25, 0.3) is 5.91 Å². The number of nitrogens with zero attached hydrogens (tertiary/aromatic N) is 2. The summed E-state index contributed by atoms with van der Waals surface area (Å²) < 4.78 is 0. The average Bonchev–Trinajstić information content (AvgIpc) is 2.88. The smallest absolute Gasteiger partial charge is 0.263 e. The monoisotopic (exact) mass is 305 g/mol. The molecule has 1 unspecified atom stereocenters. The third kappa shape index (κ3) is 4.09. The Hall–Kier alpha value is -1.79. The van der Waals surface area contributed by atoms with Gasteiger partial charge in [-0.05, 0) is 25.5 Å². The zero-order chi connectivity index (χ0) is 15.2. The third-order valence-corrected chi connectivity index (χ3v) is 4.19. The van der Waals surface area contributed by atoms with Gasteiger partial charge in [0.05, 0.1) is 17.5 Å². The van der Waals surface area contributed by atoms with E-state index in [1.165, 1.54) is 11.3 Å². The van der Waals surface area contributed by atoms with E-state index in [9.17, 15) is 9.90 Å². The van der Waals surface area contributed by atoms with E-state index in [0.29, 0.717) is 17.0 Å². The Morgan fingerprint density at radius 1 is 1.48 bits per heavy atom. The zero-order valence-electron chi connectivity index (χ0n) is 12.2. The molecule has 2 aromatic rings. The molecular weight excluding hydrogens is 286 g/mol. The Morgan fingerprint density at radius 2 is 2.29 bits per heavy atom.